The first-order chi connectivity index (χ1) is 9.02. The van der Waals surface area contributed by atoms with Gasteiger partial charge in [-0.05, 0) is 44.1 Å². The van der Waals surface area contributed by atoms with Gasteiger partial charge in [0, 0.05) is 25.2 Å². The van der Waals surface area contributed by atoms with Crippen LogP contribution in [0.1, 0.15) is 66.7 Å². The Labute approximate surface area is 121 Å². The highest BCUT2D eigenvalue weighted by atomic mass is 15.2. The van der Waals surface area contributed by atoms with E-state index in [1.807, 2.05) is 0 Å². The summed E-state index contributed by atoms with van der Waals surface area (Å²) in [5.41, 5.74) is 0. The van der Waals surface area contributed by atoms with Gasteiger partial charge in [-0.2, -0.15) is 0 Å². The van der Waals surface area contributed by atoms with Gasteiger partial charge in [0.2, 0.25) is 0 Å². The van der Waals surface area contributed by atoms with Gasteiger partial charge in [0.05, 0.1) is 0 Å². The van der Waals surface area contributed by atoms with E-state index in [4.69, 9.17) is 0 Å². The van der Waals surface area contributed by atoms with Crippen LogP contribution in [0.3, 0.4) is 0 Å². The molecule has 114 valence electrons. The fourth-order valence-electron chi connectivity index (χ4n) is 3.25. The predicted octanol–water partition coefficient (Wildman–Crippen LogP) is 3.91. The first-order valence-electron chi connectivity index (χ1n) is 8.50. The van der Waals surface area contributed by atoms with Crippen molar-refractivity contribution >= 4 is 0 Å². The van der Waals surface area contributed by atoms with Gasteiger partial charge in [-0.1, -0.05) is 41.0 Å². The maximum atomic E-state index is 3.77. The Bertz CT molecular complexity index is 225. The molecule has 1 aliphatic heterocycles. The van der Waals surface area contributed by atoms with Gasteiger partial charge in [0.1, 0.15) is 0 Å². The summed E-state index contributed by atoms with van der Waals surface area (Å²) >= 11 is 0. The van der Waals surface area contributed by atoms with Crippen LogP contribution in [-0.4, -0.2) is 36.6 Å². The number of hydrogen-bond donors (Lipinski definition) is 1. The molecule has 1 heterocycles. The Hall–Kier alpha value is -0.0800. The summed E-state index contributed by atoms with van der Waals surface area (Å²) in [6.07, 6.45) is 6.72. The fourth-order valence-corrected chi connectivity index (χ4v) is 3.25. The van der Waals surface area contributed by atoms with E-state index < -0.39 is 0 Å². The van der Waals surface area contributed by atoms with Gasteiger partial charge in [-0.15, -0.1) is 0 Å². The number of piperazine rings is 1. The van der Waals surface area contributed by atoms with Crippen molar-refractivity contribution in [2.45, 2.75) is 78.8 Å². The van der Waals surface area contributed by atoms with Crippen LogP contribution in [0.25, 0.3) is 0 Å². The van der Waals surface area contributed by atoms with Crippen LogP contribution in [0.4, 0.5) is 0 Å². The van der Waals surface area contributed by atoms with E-state index in [0.29, 0.717) is 6.04 Å². The number of nitrogens with one attached hydrogen (secondary N) is 1. The predicted molar refractivity (Wildman–Crippen MR) is 85.6 cm³/mol. The molecule has 2 unspecified atom stereocenters. The zero-order valence-corrected chi connectivity index (χ0v) is 13.9. The van der Waals surface area contributed by atoms with E-state index in [2.05, 4.69) is 44.8 Å². The van der Waals surface area contributed by atoms with E-state index in [1.54, 1.807) is 0 Å². The quantitative estimate of drug-likeness (QED) is 0.718. The largest absolute Gasteiger partial charge is 0.311 e. The third kappa shape index (κ3) is 6.76. The first-order valence-corrected chi connectivity index (χ1v) is 8.50. The SMILES string of the molecule is CCCC1CNC(CC(C)C)CN1CCCC(C)C. The van der Waals surface area contributed by atoms with Crippen LogP contribution < -0.4 is 5.32 Å². The first kappa shape index (κ1) is 17.0. The van der Waals surface area contributed by atoms with Crippen molar-refractivity contribution < 1.29 is 0 Å². The maximum absolute atomic E-state index is 3.77. The Balaban J connectivity index is 2.42. The van der Waals surface area contributed by atoms with Gasteiger partial charge in [-0.25, -0.2) is 0 Å². The lowest BCUT2D eigenvalue weighted by Gasteiger charge is -2.41. The topological polar surface area (TPSA) is 15.3 Å². The molecule has 2 atom stereocenters. The van der Waals surface area contributed by atoms with Crippen LogP contribution in [0.5, 0.6) is 0 Å². The van der Waals surface area contributed by atoms with Gasteiger partial charge < -0.3 is 5.32 Å². The Kier molecular flexibility index (Phi) is 8.01. The lowest BCUT2D eigenvalue weighted by molar-refractivity contribution is 0.112. The van der Waals surface area contributed by atoms with Crippen molar-refractivity contribution in [3.63, 3.8) is 0 Å². The van der Waals surface area contributed by atoms with Crippen LogP contribution in [0, 0.1) is 11.8 Å². The van der Waals surface area contributed by atoms with Crippen LogP contribution >= 0.6 is 0 Å². The fraction of sp³-hybridized carbons (Fsp3) is 1.00. The van der Waals surface area contributed by atoms with Crippen molar-refractivity contribution in [1.29, 1.82) is 0 Å². The molecule has 1 N–H and O–H groups in total. The lowest BCUT2D eigenvalue weighted by Crippen LogP contribution is -2.56. The minimum atomic E-state index is 0.715. The molecule has 1 rings (SSSR count). The van der Waals surface area contributed by atoms with Crippen LogP contribution in [0.2, 0.25) is 0 Å². The number of rotatable bonds is 8. The molecule has 0 aromatic rings. The van der Waals surface area contributed by atoms with Crippen molar-refractivity contribution in [1.82, 2.24) is 10.2 Å². The summed E-state index contributed by atoms with van der Waals surface area (Å²) in [6, 6.07) is 1.49. The molecule has 0 aromatic carbocycles. The Morgan fingerprint density at radius 3 is 2.47 bits per heavy atom. The standard InChI is InChI=1S/C17H36N2/c1-6-8-17-12-18-16(11-15(4)5)13-19(17)10-7-9-14(2)3/h14-18H,6-13H2,1-5H3. The third-order valence-electron chi connectivity index (χ3n) is 4.22. The second-order valence-electron chi connectivity index (χ2n) is 7.21. The van der Waals surface area contributed by atoms with Gasteiger partial charge in [0.25, 0.3) is 0 Å². The molecule has 19 heavy (non-hydrogen) atoms. The summed E-state index contributed by atoms with van der Waals surface area (Å²) in [5.74, 6) is 1.65. The molecule has 0 aromatic heterocycles. The molecule has 0 bridgehead atoms. The minimum Gasteiger partial charge on any atom is -0.311 e. The molecule has 1 aliphatic rings. The van der Waals surface area contributed by atoms with Crippen molar-refractivity contribution in [3.05, 3.63) is 0 Å². The maximum Gasteiger partial charge on any atom is 0.0221 e. The van der Waals surface area contributed by atoms with E-state index in [0.717, 1.165) is 17.9 Å². The molecule has 0 spiro atoms. The molecule has 0 radical (unpaired) electrons. The molecule has 0 aliphatic carbocycles. The molecule has 1 fully saturated rings. The van der Waals surface area contributed by atoms with Gasteiger partial charge in [0.15, 0.2) is 0 Å². The summed E-state index contributed by atoms with van der Waals surface area (Å²) in [7, 11) is 0. The highest BCUT2D eigenvalue weighted by molar-refractivity contribution is 4.86. The van der Waals surface area contributed by atoms with Crippen molar-refractivity contribution in [2.24, 2.45) is 11.8 Å². The molecule has 2 heteroatoms. The molecular weight excluding hydrogens is 232 g/mol. The van der Waals surface area contributed by atoms with Crippen LogP contribution in [-0.2, 0) is 0 Å². The van der Waals surface area contributed by atoms with E-state index in [9.17, 15) is 0 Å². The minimum absolute atomic E-state index is 0.715. The third-order valence-corrected chi connectivity index (χ3v) is 4.22. The molecule has 0 amide bonds. The van der Waals surface area contributed by atoms with Crippen LogP contribution in [0.15, 0.2) is 0 Å². The highest BCUT2D eigenvalue weighted by Crippen LogP contribution is 2.17. The van der Waals surface area contributed by atoms with Crippen molar-refractivity contribution in [2.75, 3.05) is 19.6 Å². The Morgan fingerprint density at radius 2 is 1.89 bits per heavy atom. The summed E-state index contributed by atoms with van der Waals surface area (Å²) < 4.78 is 0. The number of nitrogens with zero attached hydrogens (tertiary/aromatic N) is 1. The van der Waals surface area contributed by atoms with Gasteiger partial charge in [-0.3, -0.25) is 4.90 Å². The molecule has 0 saturated carbocycles. The van der Waals surface area contributed by atoms with Gasteiger partial charge >= 0.3 is 0 Å². The summed E-state index contributed by atoms with van der Waals surface area (Å²) in [5, 5.41) is 3.77. The number of hydrogen-bond acceptors (Lipinski definition) is 2. The molecular formula is C17H36N2. The second-order valence-corrected chi connectivity index (χ2v) is 7.21. The average molecular weight is 268 g/mol. The second kappa shape index (κ2) is 8.97. The summed E-state index contributed by atoms with van der Waals surface area (Å²) in [6.45, 7) is 15.4. The lowest BCUT2D eigenvalue weighted by atomic mass is 9.97. The highest BCUT2D eigenvalue weighted by Gasteiger charge is 2.27. The van der Waals surface area contributed by atoms with E-state index in [1.165, 1.54) is 51.7 Å². The smallest absolute Gasteiger partial charge is 0.0221 e. The van der Waals surface area contributed by atoms with E-state index in [-0.39, 0.29) is 0 Å². The average Bonchev–Trinajstić information content (AvgIpc) is 2.31. The van der Waals surface area contributed by atoms with Crippen molar-refractivity contribution in [3.8, 4) is 0 Å². The summed E-state index contributed by atoms with van der Waals surface area (Å²) in [4.78, 5) is 2.77. The van der Waals surface area contributed by atoms with E-state index >= 15 is 0 Å². The monoisotopic (exact) mass is 268 g/mol. The Morgan fingerprint density at radius 1 is 1.16 bits per heavy atom. The molecule has 2 nitrogen and oxygen atoms in total. The zero-order valence-electron chi connectivity index (χ0n) is 13.9. The molecule has 1 saturated heterocycles. The zero-order chi connectivity index (χ0) is 14.3. The normalized spacial score (nSPS) is 25.4.